The summed E-state index contributed by atoms with van der Waals surface area (Å²) in [6.07, 6.45) is 3.44. The van der Waals surface area contributed by atoms with Crippen molar-refractivity contribution in [3.8, 4) is 0 Å². The van der Waals surface area contributed by atoms with Crippen molar-refractivity contribution in [2.75, 3.05) is 12.4 Å². The summed E-state index contributed by atoms with van der Waals surface area (Å²) in [7, 11) is 1.77. The molecule has 1 aromatic heterocycles. The second-order valence-corrected chi connectivity index (χ2v) is 5.39. The molecule has 0 aliphatic rings. The van der Waals surface area contributed by atoms with E-state index in [4.69, 9.17) is 0 Å². The average molecular weight is 367 g/mol. The van der Waals surface area contributed by atoms with Crippen LogP contribution in [0.4, 0.5) is 10.5 Å². The molecule has 2 rings (SSSR count). The van der Waals surface area contributed by atoms with Crippen molar-refractivity contribution in [2.45, 2.75) is 6.54 Å². The van der Waals surface area contributed by atoms with Crippen LogP contribution < -0.4 is 5.32 Å². The highest BCUT2D eigenvalue weighted by molar-refractivity contribution is 14.1. The van der Waals surface area contributed by atoms with Crippen molar-refractivity contribution < 1.29 is 4.79 Å². The van der Waals surface area contributed by atoms with Crippen molar-refractivity contribution in [2.24, 2.45) is 0 Å². The molecule has 98 valence electrons. The summed E-state index contributed by atoms with van der Waals surface area (Å²) in [6, 6.07) is 11.4. The van der Waals surface area contributed by atoms with Crippen molar-refractivity contribution in [3.63, 3.8) is 0 Å². The molecule has 0 saturated carbocycles. The van der Waals surface area contributed by atoms with Crippen LogP contribution in [-0.4, -0.2) is 23.0 Å². The number of nitrogens with zero attached hydrogens (tertiary/aromatic N) is 2. The molecule has 19 heavy (non-hydrogen) atoms. The van der Waals surface area contributed by atoms with Gasteiger partial charge in [-0.15, -0.1) is 0 Å². The topological polar surface area (TPSA) is 45.2 Å². The summed E-state index contributed by atoms with van der Waals surface area (Å²) < 4.78 is 1.14. The number of amides is 2. The van der Waals surface area contributed by atoms with Gasteiger partial charge in [0, 0.05) is 35.2 Å². The van der Waals surface area contributed by atoms with E-state index >= 15 is 0 Å². The third-order valence-corrected chi connectivity index (χ3v) is 3.33. The van der Waals surface area contributed by atoms with Gasteiger partial charge in [0.15, 0.2) is 0 Å². The SMILES string of the molecule is CN(Cc1ccncc1)C(=O)Nc1ccc(I)cc1. The quantitative estimate of drug-likeness (QED) is 0.846. The number of urea groups is 1. The Balaban J connectivity index is 1.94. The second-order valence-electron chi connectivity index (χ2n) is 4.15. The number of rotatable bonds is 3. The predicted molar refractivity (Wildman–Crippen MR) is 83.9 cm³/mol. The Labute approximate surface area is 126 Å². The molecule has 1 heterocycles. The minimum atomic E-state index is -0.127. The molecular weight excluding hydrogens is 353 g/mol. The van der Waals surface area contributed by atoms with Crippen molar-refractivity contribution in [1.82, 2.24) is 9.88 Å². The molecule has 0 aliphatic carbocycles. The molecule has 0 spiro atoms. The summed E-state index contributed by atoms with van der Waals surface area (Å²) in [6.45, 7) is 0.554. The molecule has 0 unspecified atom stereocenters. The van der Waals surface area contributed by atoms with Crippen LogP contribution in [0.25, 0.3) is 0 Å². The zero-order chi connectivity index (χ0) is 13.7. The first kappa shape index (κ1) is 13.8. The lowest BCUT2D eigenvalue weighted by Gasteiger charge is -2.18. The number of halogens is 1. The van der Waals surface area contributed by atoms with E-state index in [0.717, 1.165) is 14.8 Å². The number of hydrogen-bond donors (Lipinski definition) is 1. The number of carbonyl (C=O) groups is 1. The molecule has 0 bridgehead atoms. The first-order valence-corrected chi connectivity index (χ1v) is 6.89. The molecule has 0 radical (unpaired) electrons. The molecule has 5 heteroatoms. The maximum Gasteiger partial charge on any atom is 0.321 e. The Morgan fingerprint density at radius 2 is 1.84 bits per heavy atom. The van der Waals surface area contributed by atoms with E-state index in [2.05, 4.69) is 32.9 Å². The largest absolute Gasteiger partial charge is 0.323 e. The maximum atomic E-state index is 12.0. The number of nitrogens with one attached hydrogen (secondary N) is 1. The number of anilines is 1. The van der Waals surface area contributed by atoms with Gasteiger partial charge in [0.1, 0.15) is 0 Å². The molecule has 0 fully saturated rings. The molecule has 2 amide bonds. The Kier molecular flexibility index (Phi) is 4.73. The van der Waals surface area contributed by atoms with Gasteiger partial charge in [0.25, 0.3) is 0 Å². The number of aromatic nitrogens is 1. The van der Waals surface area contributed by atoms with Crippen LogP contribution in [0.15, 0.2) is 48.8 Å². The highest BCUT2D eigenvalue weighted by Gasteiger charge is 2.09. The molecule has 4 nitrogen and oxygen atoms in total. The van der Waals surface area contributed by atoms with E-state index in [9.17, 15) is 4.79 Å². The van der Waals surface area contributed by atoms with Gasteiger partial charge in [-0.1, -0.05) is 0 Å². The number of benzene rings is 1. The van der Waals surface area contributed by atoms with Gasteiger partial charge in [-0.25, -0.2) is 4.79 Å². The lowest BCUT2D eigenvalue weighted by atomic mass is 10.2. The third-order valence-electron chi connectivity index (χ3n) is 2.61. The summed E-state index contributed by atoms with van der Waals surface area (Å²) in [5, 5.41) is 2.86. The fourth-order valence-corrected chi connectivity index (χ4v) is 1.95. The third kappa shape index (κ3) is 4.20. The monoisotopic (exact) mass is 367 g/mol. The Morgan fingerprint density at radius 3 is 2.47 bits per heavy atom. The molecule has 0 aliphatic heterocycles. The average Bonchev–Trinajstić information content (AvgIpc) is 2.42. The van der Waals surface area contributed by atoms with Gasteiger partial charge in [-0.2, -0.15) is 0 Å². The summed E-state index contributed by atoms with van der Waals surface area (Å²) in [4.78, 5) is 17.6. The van der Waals surface area contributed by atoms with E-state index in [0.29, 0.717) is 6.54 Å². The molecule has 0 atom stereocenters. The van der Waals surface area contributed by atoms with Gasteiger partial charge in [-0.05, 0) is 64.6 Å². The van der Waals surface area contributed by atoms with Crippen molar-refractivity contribution in [1.29, 1.82) is 0 Å². The standard InChI is InChI=1S/C14H14IN3O/c1-18(10-11-6-8-16-9-7-11)14(19)17-13-4-2-12(15)3-5-13/h2-9H,10H2,1H3,(H,17,19). The van der Waals surface area contributed by atoms with Gasteiger partial charge >= 0.3 is 6.03 Å². The van der Waals surface area contributed by atoms with E-state index in [1.54, 1.807) is 24.3 Å². The summed E-state index contributed by atoms with van der Waals surface area (Å²) >= 11 is 2.23. The van der Waals surface area contributed by atoms with Crippen LogP contribution in [0.2, 0.25) is 0 Å². The molecule has 1 aromatic carbocycles. The lowest BCUT2D eigenvalue weighted by molar-refractivity contribution is 0.220. The van der Waals surface area contributed by atoms with Gasteiger partial charge in [0.2, 0.25) is 0 Å². The Bertz CT molecular complexity index is 542. The van der Waals surface area contributed by atoms with Crippen molar-refractivity contribution in [3.05, 3.63) is 57.9 Å². The molecule has 0 saturated heterocycles. The van der Waals surface area contributed by atoms with E-state index in [-0.39, 0.29) is 6.03 Å². The smallest absolute Gasteiger partial charge is 0.321 e. The van der Waals surface area contributed by atoms with Crippen LogP contribution in [0.1, 0.15) is 5.56 Å². The zero-order valence-electron chi connectivity index (χ0n) is 10.5. The predicted octanol–water partition coefficient (Wildman–Crippen LogP) is 3.35. The van der Waals surface area contributed by atoms with Crippen LogP contribution >= 0.6 is 22.6 Å². The minimum absolute atomic E-state index is 0.127. The Morgan fingerprint density at radius 1 is 1.21 bits per heavy atom. The van der Waals surface area contributed by atoms with Crippen molar-refractivity contribution >= 4 is 34.3 Å². The van der Waals surface area contributed by atoms with Crippen LogP contribution in [0.5, 0.6) is 0 Å². The fourth-order valence-electron chi connectivity index (χ4n) is 1.59. The van der Waals surface area contributed by atoms with Gasteiger partial charge < -0.3 is 10.2 Å². The number of carbonyl (C=O) groups excluding carboxylic acids is 1. The van der Waals surface area contributed by atoms with E-state index in [1.165, 1.54) is 0 Å². The lowest BCUT2D eigenvalue weighted by Crippen LogP contribution is -2.30. The van der Waals surface area contributed by atoms with Crippen LogP contribution in [0, 0.1) is 3.57 Å². The highest BCUT2D eigenvalue weighted by Crippen LogP contribution is 2.12. The molecular formula is C14H14IN3O. The van der Waals surface area contributed by atoms with Crippen LogP contribution in [0.3, 0.4) is 0 Å². The maximum absolute atomic E-state index is 12.0. The Hall–Kier alpha value is -1.63. The summed E-state index contributed by atoms with van der Waals surface area (Å²) in [5.41, 5.74) is 1.85. The first-order chi connectivity index (χ1) is 9.15. The number of hydrogen-bond acceptors (Lipinski definition) is 2. The van der Waals surface area contributed by atoms with Gasteiger partial charge in [0.05, 0.1) is 0 Å². The number of pyridine rings is 1. The van der Waals surface area contributed by atoms with Crippen LogP contribution in [-0.2, 0) is 6.54 Å². The zero-order valence-corrected chi connectivity index (χ0v) is 12.7. The fraction of sp³-hybridized carbons (Fsp3) is 0.143. The van der Waals surface area contributed by atoms with Gasteiger partial charge in [-0.3, -0.25) is 4.98 Å². The van der Waals surface area contributed by atoms with E-state index in [1.807, 2.05) is 36.4 Å². The first-order valence-electron chi connectivity index (χ1n) is 5.82. The minimum Gasteiger partial charge on any atom is -0.323 e. The van der Waals surface area contributed by atoms with E-state index < -0.39 is 0 Å². The molecule has 1 N–H and O–H groups in total. The summed E-state index contributed by atoms with van der Waals surface area (Å²) in [5.74, 6) is 0. The normalized spacial score (nSPS) is 10.0. The molecule has 2 aromatic rings. The highest BCUT2D eigenvalue weighted by atomic mass is 127. The second kappa shape index (κ2) is 6.51.